The minimum absolute atomic E-state index is 0.257. The Labute approximate surface area is 90.9 Å². The minimum atomic E-state index is -4.87. The number of rotatable bonds is 2. The molecule has 0 amide bonds. The summed E-state index contributed by atoms with van der Waals surface area (Å²) in [6, 6.07) is 0. The van der Waals surface area contributed by atoms with Gasteiger partial charge in [0.15, 0.2) is 0 Å². The molecule has 0 aromatic carbocycles. The van der Waals surface area contributed by atoms with Gasteiger partial charge in [0.2, 0.25) is 0 Å². The molecule has 0 aromatic rings. The highest BCUT2D eigenvalue weighted by Crippen LogP contribution is 2.48. The number of hydrogen-bond acceptors (Lipinski definition) is 2. The molecule has 0 bridgehead atoms. The Hall–Kier alpha value is -0.520. The summed E-state index contributed by atoms with van der Waals surface area (Å²) in [5.74, 6) is 0. The second-order valence-electron chi connectivity index (χ2n) is 3.64. The lowest BCUT2D eigenvalue weighted by molar-refractivity contribution is -0.0813. The topological polar surface area (TPSA) is 60.8 Å². The van der Waals surface area contributed by atoms with Crippen molar-refractivity contribution >= 4 is 7.60 Å². The smallest absolute Gasteiger partial charge is 0.365 e. The van der Waals surface area contributed by atoms with Crippen LogP contribution in [0.15, 0.2) is 11.5 Å². The summed E-state index contributed by atoms with van der Waals surface area (Å²) < 4.78 is 47.4. The average molecular weight is 259 g/mol. The van der Waals surface area contributed by atoms with Crippen molar-refractivity contribution in [2.24, 2.45) is 0 Å². The molecule has 0 aromatic heterocycles. The maximum absolute atomic E-state index is 12.1. The third kappa shape index (κ3) is 4.15. The van der Waals surface area contributed by atoms with E-state index >= 15 is 0 Å². The molecule has 1 aliphatic heterocycles. The molecule has 0 aliphatic carbocycles. The molecule has 1 fully saturated rings. The predicted octanol–water partition coefficient (Wildman–Crippen LogP) is 2.05. The van der Waals surface area contributed by atoms with E-state index in [0.29, 0.717) is 12.8 Å². The summed E-state index contributed by atoms with van der Waals surface area (Å²) in [5, 5.41) is 0. The summed E-state index contributed by atoms with van der Waals surface area (Å²) in [7, 11) is -4.87. The number of piperidine rings is 1. The van der Waals surface area contributed by atoms with E-state index in [9.17, 15) is 17.7 Å². The lowest BCUT2D eigenvalue weighted by Gasteiger charge is -2.31. The first-order valence-electron chi connectivity index (χ1n) is 4.81. The zero-order chi connectivity index (χ0) is 12.4. The van der Waals surface area contributed by atoms with E-state index in [1.165, 1.54) is 0 Å². The highest BCUT2D eigenvalue weighted by atomic mass is 31.2. The third-order valence-electron chi connectivity index (χ3n) is 2.27. The van der Waals surface area contributed by atoms with Gasteiger partial charge in [-0.05, 0) is 19.3 Å². The van der Waals surface area contributed by atoms with E-state index in [4.69, 9.17) is 9.79 Å². The van der Waals surface area contributed by atoms with Crippen molar-refractivity contribution in [2.45, 2.75) is 25.4 Å². The van der Waals surface area contributed by atoms with Gasteiger partial charge in [0.25, 0.3) is 0 Å². The fourth-order valence-corrected chi connectivity index (χ4v) is 2.51. The van der Waals surface area contributed by atoms with Crippen molar-refractivity contribution in [3.8, 4) is 0 Å². The summed E-state index contributed by atoms with van der Waals surface area (Å²) in [6.07, 6.45) is -2.84. The van der Waals surface area contributed by atoms with Gasteiger partial charge < -0.3 is 14.7 Å². The molecule has 0 atom stereocenters. The zero-order valence-electron chi connectivity index (χ0n) is 8.44. The fraction of sp³-hybridized carbons (Fsp3) is 0.750. The average Bonchev–Trinajstić information content (AvgIpc) is 2.13. The molecule has 1 rings (SSSR count). The SMILES string of the molecule is O=P(O)(O)C(=CC(F)(F)F)N1CCCCC1. The van der Waals surface area contributed by atoms with Crippen molar-refractivity contribution in [1.82, 2.24) is 4.90 Å². The second kappa shape index (κ2) is 4.77. The quantitative estimate of drug-likeness (QED) is 0.745. The van der Waals surface area contributed by atoms with Crippen molar-refractivity contribution in [3.05, 3.63) is 11.5 Å². The van der Waals surface area contributed by atoms with E-state index in [0.717, 1.165) is 11.3 Å². The van der Waals surface area contributed by atoms with Crippen LogP contribution in [0.5, 0.6) is 0 Å². The highest BCUT2D eigenvalue weighted by Gasteiger charge is 2.34. The molecule has 1 aliphatic rings. The first-order valence-corrected chi connectivity index (χ1v) is 6.42. The molecule has 0 spiro atoms. The normalized spacial score (nSPS) is 20.1. The number of halogens is 3. The van der Waals surface area contributed by atoms with Crippen molar-refractivity contribution in [2.75, 3.05) is 13.1 Å². The Morgan fingerprint density at radius 2 is 1.69 bits per heavy atom. The van der Waals surface area contributed by atoms with Crippen LogP contribution in [0.25, 0.3) is 0 Å². The molecule has 2 N–H and O–H groups in total. The maximum Gasteiger partial charge on any atom is 0.412 e. The first kappa shape index (κ1) is 13.5. The van der Waals surface area contributed by atoms with Crippen molar-refractivity contribution in [3.63, 3.8) is 0 Å². The molecule has 0 radical (unpaired) electrons. The second-order valence-corrected chi connectivity index (χ2v) is 5.18. The summed E-state index contributed by atoms with van der Waals surface area (Å²) in [6.45, 7) is 0.514. The summed E-state index contributed by atoms with van der Waals surface area (Å²) in [4.78, 5) is 18.9. The maximum atomic E-state index is 12.1. The number of allylic oxidation sites excluding steroid dienone is 1. The summed E-state index contributed by atoms with van der Waals surface area (Å²) in [5.41, 5.74) is -0.917. The molecule has 8 heteroatoms. The van der Waals surface area contributed by atoms with E-state index in [2.05, 4.69) is 0 Å². The lowest BCUT2D eigenvalue weighted by atomic mass is 10.1. The van der Waals surface area contributed by atoms with Gasteiger partial charge in [-0.3, -0.25) is 4.57 Å². The van der Waals surface area contributed by atoms with Crippen LogP contribution in [0.3, 0.4) is 0 Å². The van der Waals surface area contributed by atoms with Crippen LogP contribution in [0.1, 0.15) is 19.3 Å². The number of likely N-dealkylation sites (tertiary alicyclic amines) is 1. The predicted molar refractivity (Wildman–Crippen MR) is 51.6 cm³/mol. The number of hydrogen-bond donors (Lipinski definition) is 2. The van der Waals surface area contributed by atoms with Crippen molar-refractivity contribution < 1.29 is 27.5 Å². The Morgan fingerprint density at radius 1 is 1.19 bits per heavy atom. The van der Waals surface area contributed by atoms with Gasteiger partial charge in [-0.1, -0.05) is 0 Å². The van der Waals surface area contributed by atoms with E-state index < -0.39 is 19.2 Å². The molecule has 94 valence electrons. The van der Waals surface area contributed by atoms with E-state index in [1.54, 1.807) is 0 Å². The van der Waals surface area contributed by atoms with Crippen LogP contribution >= 0.6 is 7.60 Å². The Bertz CT molecular complexity index is 317. The Kier molecular flexibility index (Phi) is 4.04. The summed E-state index contributed by atoms with van der Waals surface area (Å²) >= 11 is 0. The number of alkyl halides is 3. The molecule has 16 heavy (non-hydrogen) atoms. The Morgan fingerprint density at radius 3 is 2.06 bits per heavy atom. The molecule has 0 unspecified atom stereocenters. The number of nitrogens with zero attached hydrogens (tertiary/aromatic N) is 1. The van der Waals surface area contributed by atoms with Gasteiger partial charge in [0.1, 0.15) is 5.44 Å². The minimum Gasteiger partial charge on any atom is -0.365 e. The van der Waals surface area contributed by atoms with Gasteiger partial charge in [-0.2, -0.15) is 13.2 Å². The van der Waals surface area contributed by atoms with Gasteiger partial charge >= 0.3 is 13.8 Å². The molecule has 1 saturated heterocycles. The lowest BCUT2D eigenvalue weighted by Crippen LogP contribution is -2.30. The van der Waals surface area contributed by atoms with Crippen LogP contribution in [-0.2, 0) is 4.57 Å². The van der Waals surface area contributed by atoms with Gasteiger partial charge in [0, 0.05) is 13.1 Å². The van der Waals surface area contributed by atoms with E-state index in [1.807, 2.05) is 0 Å². The van der Waals surface area contributed by atoms with Gasteiger partial charge in [-0.15, -0.1) is 0 Å². The monoisotopic (exact) mass is 259 g/mol. The molecule has 0 saturated carbocycles. The van der Waals surface area contributed by atoms with Crippen LogP contribution in [0.4, 0.5) is 13.2 Å². The molecule has 1 heterocycles. The van der Waals surface area contributed by atoms with Crippen molar-refractivity contribution in [1.29, 1.82) is 0 Å². The van der Waals surface area contributed by atoms with Crippen LogP contribution in [0, 0.1) is 0 Å². The van der Waals surface area contributed by atoms with Crippen LogP contribution in [-0.4, -0.2) is 34.0 Å². The first-order chi connectivity index (χ1) is 7.20. The molecular formula is C8H13F3NO3P. The van der Waals surface area contributed by atoms with Crippen LogP contribution in [0.2, 0.25) is 0 Å². The standard InChI is InChI=1S/C8H13F3NO3P/c9-8(10,11)6-7(16(13,14)15)12-4-2-1-3-5-12/h6H,1-5H2,(H2,13,14,15). The van der Waals surface area contributed by atoms with Gasteiger partial charge in [0.05, 0.1) is 6.08 Å². The Balaban J connectivity index is 2.96. The fourth-order valence-electron chi connectivity index (χ4n) is 1.63. The van der Waals surface area contributed by atoms with Gasteiger partial charge in [-0.25, -0.2) is 0 Å². The van der Waals surface area contributed by atoms with Crippen LogP contribution < -0.4 is 0 Å². The largest absolute Gasteiger partial charge is 0.412 e. The highest BCUT2D eigenvalue weighted by molar-refractivity contribution is 7.56. The van der Waals surface area contributed by atoms with E-state index in [-0.39, 0.29) is 19.2 Å². The zero-order valence-corrected chi connectivity index (χ0v) is 9.34. The molecule has 4 nitrogen and oxygen atoms in total. The third-order valence-corrected chi connectivity index (χ3v) is 3.28. The molecular weight excluding hydrogens is 246 g/mol.